The summed E-state index contributed by atoms with van der Waals surface area (Å²) in [5.41, 5.74) is 3.39. The summed E-state index contributed by atoms with van der Waals surface area (Å²) < 4.78 is 23.4. The second kappa shape index (κ2) is 7.75. The van der Waals surface area contributed by atoms with Crippen LogP contribution in [0, 0.1) is 5.82 Å². The Bertz CT molecular complexity index is 1110. The predicted octanol–water partition coefficient (Wildman–Crippen LogP) is 3.71. The maximum Gasteiger partial charge on any atom is 0.337 e. The number of esters is 1. The Morgan fingerprint density at radius 1 is 1.24 bits per heavy atom. The van der Waals surface area contributed by atoms with Crippen molar-refractivity contribution < 1.29 is 23.5 Å². The Kier molecular flexibility index (Phi) is 5.15. The van der Waals surface area contributed by atoms with Gasteiger partial charge in [0.25, 0.3) is 5.91 Å². The molecule has 6 nitrogen and oxygen atoms in total. The molecule has 29 heavy (non-hydrogen) atoms. The largest absolute Gasteiger partial charge is 0.482 e. The number of H-pyrrole nitrogens is 1. The number of hydrogen-bond donors (Lipinski definition) is 1. The van der Waals surface area contributed by atoms with Gasteiger partial charge in [-0.1, -0.05) is 11.6 Å². The maximum atomic E-state index is 13.1. The third kappa shape index (κ3) is 3.78. The summed E-state index contributed by atoms with van der Waals surface area (Å²) in [5, 5.41) is 1.01. The molecule has 0 radical (unpaired) electrons. The number of halogens is 2. The number of aromatic amines is 1. The monoisotopic (exact) mass is 416 g/mol. The molecular weight excluding hydrogens is 399 g/mol. The Balaban J connectivity index is 1.51. The Hall–Kier alpha value is -3.06. The molecule has 1 aliphatic rings. The third-order valence-corrected chi connectivity index (χ3v) is 5.29. The van der Waals surface area contributed by atoms with E-state index in [4.69, 9.17) is 21.1 Å². The average molecular weight is 417 g/mol. The van der Waals surface area contributed by atoms with Gasteiger partial charge in [-0.25, -0.2) is 9.18 Å². The molecule has 0 aliphatic carbocycles. The number of benzene rings is 2. The van der Waals surface area contributed by atoms with Gasteiger partial charge >= 0.3 is 5.97 Å². The normalized spacial score (nSPS) is 13.3. The molecule has 0 spiro atoms. The number of aromatic nitrogens is 1. The van der Waals surface area contributed by atoms with E-state index in [1.165, 1.54) is 19.2 Å². The Morgan fingerprint density at radius 3 is 2.83 bits per heavy atom. The molecule has 8 heteroatoms. The van der Waals surface area contributed by atoms with E-state index >= 15 is 0 Å². The number of carbonyl (C=O) groups is 2. The zero-order valence-electron chi connectivity index (χ0n) is 15.6. The summed E-state index contributed by atoms with van der Waals surface area (Å²) >= 11 is 5.94. The van der Waals surface area contributed by atoms with Gasteiger partial charge in [0.2, 0.25) is 0 Å². The minimum absolute atomic E-state index is 0.116. The zero-order valence-corrected chi connectivity index (χ0v) is 16.4. The van der Waals surface area contributed by atoms with Gasteiger partial charge in [-0.15, -0.1) is 0 Å². The molecule has 0 saturated carbocycles. The van der Waals surface area contributed by atoms with Gasteiger partial charge in [-0.2, -0.15) is 0 Å². The SMILES string of the molecule is COC(=O)c1ccc2[nH]c3c(c2c1)CN(C(=O)COc1ccc(F)cc1Cl)CC3. The van der Waals surface area contributed by atoms with E-state index in [1.54, 1.807) is 17.0 Å². The molecule has 1 aromatic heterocycles. The van der Waals surface area contributed by atoms with Gasteiger partial charge < -0.3 is 19.4 Å². The van der Waals surface area contributed by atoms with Crippen molar-refractivity contribution in [3.63, 3.8) is 0 Å². The summed E-state index contributed by atoms with van der Waals surface area (Å²) in [6.45, 7) is 0.749. The molecule has 150 valence electrons. The molecule has 0 unspecified atom stereocenters. The van der Waals surface area contributed by atoms with Crippen molar-refractivity contribution in [2.24, 2.45) is 0 Å². The van der Waals surface area contributed by atoms with Crippen LogP contribution >= 0.6 is 11.6 Å². The van der Waals surface area contributed by atoms with Crippen LogP contribution in [0.3, 0.4) is 0 Å². The average Bonchev–Trinajstić information content (AvgIpc) is 3.09. The minimum Gasteiger partial charge on any atom is -0.482 e. The lowest BCUT2D eigenvalue weighted by Gasteiger charge is -2.27. The van der Waals surface area contributed by atoms with Crippen LogP contribution < -0.4 is 4.74 Å². The fourth-order valence-electron chi connectivity index (χ4n) is 3.49. The van der Waals surface area contributed by atoms with Gasteiger partial charge in [0.15, 0.2) is 6.61 Å². The maximum absolute atomic E-state index is 13.1. The number of nitrogens with zero attached hydrogens (tertiary/aromatic N) is 1. The number of nitrogens with one attached hydrogen (secondary N) is 1. The standard InChI is InChI=1S/C21H18ClFN2O4/c1-28-21(27)12-2-4-17-14(8-12)15-10-25(7-6-18(15)24-17)20(26)11-29-19-5-3-13(23)9-16(19)22/h2-5,8-9,24H,6-7,10-11H2,1H3. The highest BCUT2D eigenvalue weighted by atomic mass is 35.5. The molecule has 1 amide bonds. The van der Waals surface area contributed by atoms with Crippen molar-refractivity contribution in [2.75, 3.05) is 20.3 Å². The van der Waals surface area contributed by atoms with Gasteiger partial charge in [0.05, 0.1) is 17.7 Å². The van der Waals surface area contributed by atoms with Crippen molar-refractivity contribution in [1.29, 1.82) is 0 Å². The van der Waals surface area contributed by atoms with E-state index in [9.17, 15) is 14.0 Å². The number of carbonyl (C=O) groups excluding carboxylic acids is 2. The van der Waals surface area contributed by atoms with Crippen molar-refractivity contribution >= 4 is 34.4 Å². The Labute approximate surface area is 171 Å². The lowest BCUT2D eigenvalue weighted by molar-refractivity contribution is -0.134. The number of methoxy groups -OCH3 is 1. The number of hydrogen-bond acceptors (Lipinski definition) is 4. The lowest BCUT2D eigenvalue weighted by atomic mass is 10.0. The first-order valence-corrected chi connectivity index (χ1v) is 9.41. The van der Waals surface area contributed by atoms with E-state index in [-0.39, 0.29) is 23.3 Å². The second-order valence-corrected chi connectivity index (χ2v) is 7.17. The van der Waals surface area contributed by atoms with Crippen LogP contribution in [0.15, 0.2) is 36.4 Å². The van der Waals surface area contributed by atoms with E-state index in [2.05, 4.69) is 4.98 Å². The second-order valence-electron chi connectivity index (χ2n) is 6.76. The zero-order chi connectivity index (χ0) is 20.5. The van der Waals surface area contributed by atoms with Crippen LogP contribution in [0.5, 0.6) is 5.75 Å². The number of rotatable bonds is 4. The molecule has 0 atom stereocenters. The first-order chi connectivity index (χ1) is 14.0. The van der Waals surface area contributed by atoms with Crippen molar-refractivity contribution in [1.82, 2.24) is 9.88 Å². The summed E-state index contributed by atoms with van der Waals surface area (Å²) in [5.74, 6) is -0.818. The van der Waals surface area contributed by atoms with Crippen LogP contribution in [0.1, 0.15) is 21.6 Å². The highest BCUT2D eigenvalue weighted by Crippen LogP contribution is 2.29. The molecule has 2 heterocycles. The fourth-order valence-corrected chi connectivity index (χ4v) is 3.72. The topological polar surface area (TPSA) is 71.6 Å². The first-order valence-electron chi connectivity index (χ1n) is 9.03. The molecule has 3 aromatic rings. The van der Waals surface area contributed by atoms with Gasteiger partial charge in [0.1, 0.15) is 11.6 Å². The molecule has 0 saturated heterocycles. The van der Waals surface area contributed by atoms with Crippen LogP contribution in [0.25, 0.3) is 10.9 Å². The van der Waals surface area contributed by atoms with E-state index in [1.807, 2.05) is 6.07 Å². The highest BCUT2D eigenvalue weighted by Gasteiger charge is 2.25. The van der Waals surface area contributed by atoms with E-state index < -0.39 is 11.8 Å². The molecule has 0 bridgehead atoms. The third-order valence-electron chi connectivity index (χ3n) is 4.99. The van der Waals surface area contributed by atoms with E-state index in [0.717, 1.165) is 28.2 Å². The first kappa shape index (κ1) is 19.3. The molecule has 0 fully saturated rings. The molecular formula is C21H18ClFN2O4. The fraction of sp³-hybridized carbons (Fsp3) is 0.238. The van der Waals surface area contributed by atoms with Crippen LogP contribution in [0.4, 0.5) is 4.39 Å². The van der Waals surface area contributed by atoms with Crippen LogP contribution in [-0.2, 0) is 22.5 Å². The number of ether oxygens (including phenoxy) is 2. The van der Waals surface area contributed by atoms with Crippen molar-refractivity contribution in [2.45, 2.75) is 13.0 Å². The Morgan fingerprint density at radius 2 is 2.07 bits per heavy atom. The lowest BCUT2D eigenvalue weighted by Crippen LogP contribution is -2.38. The molecule has 2 aromatic carbocycles. The molecule has 1 aliphatic heterocycles. The van der Waals surface area contributed by atoms with Crippen LogP contribution in [-0.4, -0.2) is 42.0 Å². The van der Waals surface area contributed by atoms with Crippen LogP contribution in [0.2, 0.25) is 5.02 Å². The quantitative estimate of drug-likeness (QED) is 0.658. The van der Waals surface area contributed by atoms with Crippen molar-refractivity contribution in [3.05, 3.63) is 64.1 Å². The molecule has 1 N–H and O–H groups in total. The highest BCUT2D eigenvalue weighted by molar-refractivity contribution is 6.32. The predicted molar refractivity (Wildman–Crippen MR) is 106 cm³/mol. The summed E-state index contributed by atoms with van der Waals surface area (Å²) in [7, 11) is 1.34. The van der Waals surface area contributed by atoms with Gasteiger partial charge in [-0.3, -0.25) is 4.79 Å². The summed E-state index contributed by atoms with van der Waals surface area (Å²) in [6.07, 6.45) is 0.667. The molecule has 4 rings (SSSR count). The summed E-state index contributed by atoms with van der Waals surface area (Å²) in [4.78, 5) is 29.5. The number of fused-ring (bicyclic) bond motifs is 3. The van der Waals surface area contributed by atoms with Gasteiger partial charge in [0, 0.05) is 41.7 Å². The van der Waals surface area contributed by atoms with E-state index in [0.29, 0.717) is 25.1 Å². The minimum atomic E-state index is -0.470. The van der Waals surface area contributed by atoms with Gasteiger partial charge in [-0.05, 0) is 36.4 Å². The van der Waals surface area contributed by atoms with Crippen molar-refractivity contribution in [3.8, 4) is 5.75 Å². The number of amides is 1. The summed E-state index contributed by atoms with van der Waals surface area (Å²) in [6, 6.07) is 9.08. The smallest absolute Gasteiger partial charge is 0.337 e.